The van der Waals surface area contributed by atoms with Gasteiger partial charge >= 0.3 is 6.09 Å². The second kappa shape index (κ2) is 9.56. The van der Waals surface area contributed by atoms with Crippen LogP contribution in [0, 0.1) is 17.7 Å². The molecule has 192 valence electrons. The Balaban J connectivity index is 1.41. The summed E-state index contributed by atoms with van der Waals surface area (Å²) >= 11 is 1.33. The zero-order valence-corrected chi connectivity index (χ0v) is 21.6. The summed E-state index contributed by atoms with van der Waals surface area (Å²) in [5.41, 5.74) is 1.31. The summed E-state index contributed by atoms with van der Waals surface area (Å²) in [4.78, 5) is 22.8. The molecule has 2 atom stereocenters. The molecule has 2 unspecified atom stereocenters. The minimum Gasteiger partial charge on any atom is -0.472 e. The molecular weight excluding hydrogens is 509 g/mol. The Hall–Kier alpha value is -2.83. The minimum atomic E-state index is -3.53. The Morgan fingerprint density at radius 2 is 1.92 bits per heavy atom. The molecular formula is C24H26FN3O6S2. The third-order valence-corrected chi connectivity index (χ3v) is 8.39. The number of hydrogen-bond donors (Lipinski definition) is 0. The zero-order valence-electron chi connectivity index (χ0n) is 20.0. The van der Waals surface area contributed by atoms with Crippen LogP contribution < -0.4 is 4.74 Å². The van der Waals surface area contributed by atoms with Gasteiger partial charge in [-0.2, -0.15) is 0 Å². The predicted molar refractivity (Wildman–Crippen MR) is 131 cm³/mol. The van der Waals surface area contributed by atoms with Crippen molar-refractivity contribution in [3.8, 4) is 17.0 Å². The first-order valence-corrected chi connectivity index (χ1v) is 14.3. The van der Waals surface area contributed by atoms with E-state index in [4.69, 9.17) is 14.2 Å². The molecule has 0 aliphatic carbocycles. The molecule has 5 rings (SSSR count). The van der Waals surface area contributed by atoms with Gasteiger partial charge in [-0.15, -0.1) is 11.3 Å². The monoisotopic (exact) mass is 535 g/mol. The number of piperidine rings is 1. The second-order valence-corrected chi connectivity index (χ2v) is 12.3. The molecule has 2 saturated heterocycles. The largest absolute Gasteiger partial charge is 0.472 e. The van der Waals surface area contributed by atoms with E-state index >= 15 is 0 Å². The topological polar surface area (TPSA) is 108 Å². The van der Waals surface area contributed by atoms with Gasteiger partial charge in [0.2, 0.25) is 5.88 Å². The molecule has 0 N–H and O–H groups in total. The van der Waals surface area contributed by atoms with E-state index in [9.17, 15) is 17.6 Å². The molecule has 2 aliphatic rings. The summed E-state index contributed by atoms with van der Waals surface area (Å²) < 4.78 is 56.6. The molecule has 0 spiro atoms. The lowest BCUT2D eigenvalue weighted by Crippen LogP contribution is -2.58. The number of hydrogen-bond acceptors (Lipinski definition) is 9. The van der Waals surface area contributed by atoms with Gasteiger partial charge in [-0.05, 0) is 26.0 Å². The highest BCUT2D eigenvalue weighted by molar-refractivity contribution is 7.90. The summed E-state index contributed by atoms with van der Waals surface area (Å²) in [5.74, 6) is -0.360. The maximum atomic E-state index is 14.9. The third-order valence-electron chi connectivity index (χ3n) is 6.33. The minimum absolute atomic E-state index is 0.0531. The van der Waals surface area contributed by atoms with E-state index in [1.54, 1.807) is 10.3 Å². The van der Waals surface area contributed by atoms with Gasteiger partial charge in [0, 0.05) is 47.7 Å². The number of amides is 1. The molecule has 3 aromatic rings. The number of halogens is 1. The number of nitrogens with zero attached hydrogens (tertiary/aromatic N) is 3. The molecule has 2 aliphatic heterocycles. The SMILES string of the molecule is CC(C)OC(=O)N1CC2COCC(C1)C2Oc1ncnc2c(-c3ccc(S(C)(=O)=O)cc3F)csc12. The number of benzene rings is 1. The Labute approximate surface area is 212 Å². The summed E-state index contributed by atoms with van der Waals surface area (Å²) in [6.45, 7) is 5.45. The highest BCUT2D eigenvalue weighted by atomic mass is 32.2. The van der Waals surface area contributed by atoms with Gasteiger partial charge in [0.15, 0.2) is 9.84 Å². The number of carbonyl (C=O) groups is 1. The Morgan fingerprint density at radius 3 is 2.56 bits per heavy atom. The van der Waals surface area contributed by atoms with Crippen LogP contribution in [0.4, 0.5) is 9.18 Å². The number of carbonyl (C=O) groups excluding carboxylic acids is 1. The molecule has 36 heavy (non-hydrogen) atoms. The van der Waals surface area contributed by atoms with Gasteiger partial charge in [0.1, 0.15) is 22.9 Å². The fraction of sp³-hybridized carbons (Fsp3) is 0.458. The van der Waals surface area contributed by atoms with Crippen LogP contribution in [0.3, 0.4) is 0 Å². The highest BCUT2D eigenvalue weighted by Crippen LogP contribution is 2.40. The van der Waals surface area contributed by atoms with E-state index in [0.717, 1.165) is 12.3 Å². The van der Waals surface area contributed by atoms with E-state index in [1.165, 1.54) is 29.8 Å². The van der Waals surface area contributed by atoms with Crippen LogP contribution in [0.2, 0.25) is 0 Å². The maximum absolute atomic E-state index is 14.9. The molecule has 1 amide bonds. The molecule has 0 saturated carbocycles. The van der Waals surface area contributed by atoms with Crippen molar-refractivity contribution >= 4 is 37.5 Å². The molecule has 0 radical (unpaired) electrons. The molecule has 2 fully saturated rings. The van der Waals surface area contributed by atoms with Crippen molar-refractivity contribution in [2.45, 2.75) is 31.0 Å². The fourth-order valence-electron chi connectivity index (χ4n) is 4.70. The van der Waals surface area contributed by atoms with Crippen LogP contribution >= 0.6 is 11.3 Å². The summed E-state index contributed by atoms with van der Waals surface area (Å²) in [7, 11) is -3.53. The van der Waals surface area contributed by atoms with Crippen molar-refractivity contribution in [3.05, 3.63) is 35.7 Å². The number of sulfone groups is 1. The van der Waals surface area contributed by atoms with Gasteiger partial charge in [0.25, 0.3) is 0 Å². The lowest BCUT2D eigenvalue weighted by Gasteiger charge is -2.45. The number of rotatable bonds is 5. The molecule has 12 heteroatoms. The fourth-order valence-corrected chi connectivity index (χ4v) is 6.28. The van der Waals surface area contributed by atoms with Gasteiger partial charge in [-0.25, -0.2) is 27.6 Å². The molecule has 9 nitrogen and oxygen atoms in total. The highest BCUT2D eigenvalue weighted by Gasteiger charge is 2.44. The third kappa shape index (κ3) is 4.76. The first kappa shape index (κ1) is 24.8. The lowest BCUT2D eigenvalue weighted by atomic mass is 9.84. The van der Waals surface area contributed by atoms with Crippen molar-refractivity contribution in [1.29, 1.82) is 0 Å². The Morgan fingerprint density at radius 1 is 1.19 bits per heavy atom. The predicted octanol–water partition coefficient (Wildman–Crippen LogP) is 3.77. The van der Waals surface area contributed by atoms with Crippen LogP contribution in [-0.4, -0.2) is 74.1 Å². The first-order chi connectivity index (χ1) is 17.1. The van der Waals surface area contributed by atoms with Gasteiger partial charge < -0.3 is 19.1 Å². The number of fused-ring (bicyclic) bond motifs is 3. The second-order valence-electron chi connectivity index (χ2n) is 9.40. The quantitative estimate of drug-likeness (QED) is 0.486. The lowest BCUT2D eigenvalue weighted by molar-refractivity contribution is -0.110. The molecule has 2 aromatic heterocycles. The van der Waals surface area contributed by atoms with Crippen molar-refractivity contribution in [2.24, 2.45) is 11.8 Å². The van der Waals surface area contributed by atoms with E-state index in [2.05, 4.69) is 9.97 Å². The first-order valence-electron chi connectivity index (χ1n) is 11.5. The number of thiophene rings is 1. The van der Waals surface area contributed by atoms with E-state index in [0.29, 0.717) is 48.0 Å². The summed E-state index contributed by atoms with van der Waals surface area (Å²) in [5, 5.41) is 1.76. The summed E-state index contributed by atoms with van der Waals surface area (Å²) in [6, 6.07) is 3.85. The zero-order chi connectivity index (χ0) is 25.6. The van der Waals surface area contributed by atoms with Crippen LogP contribution in [0.1, 0.15) is 13.8 Å². The Kier molecular flexibility index (Phi) is 6.60. The molecule has 2 bridgehead atoms. The van der Waals surface area contributed by atoms with Gasteiger partial charge in [-0.3, -0.25) is 0 Å². The van der Waals surface area contributed by atoms with Crippen molar-refractivity contribution < 1.29 is 31.8 Å². The van der Waals surface area contributed by atoms with Crippen LogP contribution in [0.5, 0.6) is 5.88 Å². The average Bonchev–Trinajstić information content (AvgIpc) is 3.22. The van der Waals surface area contributed by atoms with Crippen LogP contribution in [0.25, 0.3) is 21.3 Å². The van der Waals surface area contributed by atoms with Crippen LogP contribution in [-0.2, 0) is 19.3 Å². The number of likely N-dealkylation sites (tertiary alicyclic amines) is 1. The van der Waals surface area contributed by atoms with E-state index in [-0.39, 0.29) is 40.6 Å². The van der Waals surface area contributed by atoms with E-state index < -0.39 is 15.7 Å². The van der Waals surface area contributed by atoms with E-state index in [1.807, 2.05) is 13.8 Å². The van der Waals surface area contributed by atoms with Crippen LogP contribution in [0.15, 0.2) is 34.8 Å². The smallest absolute Gasteiger partial charge is 0.410 e. The van der Waals surface area contributed by atoms with Crippen molar-refractivity contribution in [2.75, 3.05) is 32.6 Å². The molecule has 4 heterocycles. The average molecular weight is 536 g/mol. The summed E-state index contributed by atoms with van der Waals surface area (Å²) in [6.07, 6.45) is 1.67. The number of ether oxygens (including phenoxy) is 3. The van der Waals surface area contributed by atoms with Crippen molar-refractivity contribution in [3.63, 3.8) is 0 Å². The molecule has 1 aromatic carbocycles. The number of aromatic nitrogens is 2. The Bertz CT molecular complexity index is 1400. The van der Waals surface area contributed by atoms with Gasteiger partial charge in [0.05, 0.1) is 29.7 Å². The van der Waals surface area contributed by atoms with Crippen molar-refractivity contribution in [1.82, 2.24) is 14.9 Å². The van der Waals surface area contributed by atoms with Gasteiger partial charge in [-0.1, -0.05) is 6.07 Å². The normalized spacial score (nSPS) is 22.1. The maximum Gasteiger partial charge on any atom is 0.410 e. The standard InChI is InChI=1S/C24H26FN3O6S2/c1-13(2)33-24(29)28-7-14-9-32-10-15(8-28)21(14)34-23-22-20(26-12-27-23)18(11-35-22)17-5-4-16(6-19(17)25)36(3,30)31/h4-6,11-15,21H,7-10H2,1-3H3.